The molecular formula is C19H17BrN2O3. The molecule has 0 bridgehead atoms. The van der Waals surface area contributed by atoms with Crippen molar-refractivity contribution in [1.82, 2.24) is 4.98 Å². The van der Waals surface area contributed by atoms with Crippen LogP contribution in [0.2, 0.25) is 0 Å². The van der Waals surface area contributed by atoms with Gasteiger partial charge in [-0.2, -0.15) is 0 Å². The summed E-state index contributed by atoms with van der Waals surface area (Å²) in [6.45, 7) is 0. The van der Waals surface area contributed by atoms with Gasteiger partial charge < -0.3 is 10.1 Å². The third-order valence-corrected chi connectivity index (χ3v) is 3.84. The number of ether oxygens (including phenoxy) is 1. The Hall–Kier alpha value is -2.73. The number of methoxy groups -OCH3 is 1. The Morgan fingerprint density at radius 1 is 1.12 bits per heavy atom. The molecule has 1 amide bonds. The first kappa shape index (κ1) is 18.6. The number of para-hydroxylation sites is 2. The van der Waals surface area contributed by atoms with Gasteiger partial charge in [0, 0.05) is 10.9 Å². The first-order valence-electron chi connectivity index (χ1n) is 7.47. The molecule has 3 rings (SSSR count). The molecule has 6 heteroatoms. The maximum Gasteiger partial charge on any atom is 0.212 e. The van der Waals surface area contributed by atoms with Gasteiger partial charge in [-0.05, 0) is 30.3 Å². The quantitative estimate of drug-likeness (QED) is 0.398. The van der Waals surface area contributed by atoms with Gasteiger partial charge in [0.2, 0.25) is 6.41 Å². The van der Waals surface area contributed by atoms with Crippen LogP contribution in [0.5, 0.6) is 5.75 Å². The van der Waals surface area contributed by atoms with E-state index >= 15 is 0 Å². The topological polar surface area (TPSA) is 68.3 Å². The molecule has 5 nitrogen and oxygen atoms in total. The van der Waals surface area contributed by atoms with Crippen LogP contribution in [0.4, 0.5) is 5.82 Å². The standard InChI is InChI=1S/C12H9BrN2O2.C7H8O/c13-6-10(17)9-3-1-2-8-4-5-11(14-7-16)15-12(8)9;1-8-7-5-3-2-4-6-7/h1-5,7H,6H2,(H,14,15,16);2-6H,1H3. The molecule has 1 heterocycles. The number of carbonyl (C=O) groups is 2. The fourth-order valence-corrected chi connectivity index (χ4v) is 2.44. The third kappa shape index (κ3) is 5.12. The number of aromatic nitrogens is 1. The molecule has 0 aliphatic carbocycles. The molecule has 0 spiro atoms. The Bertz CT molecular complexity index is 854. The highest BCUT2D eigenvalue weighted by atomic mass is 79.9. The summed E-state index contributed by atoms with van der Waals surface area (Å²) in [5.41, 5.74) is 1.15. The highest BCUT2D eigenvalue weighted by Crippen LogP contribution is 2.20. The lowest BCUT2D eigenvalue weighted by Gasteiger charge is -2.05. The second kappa shape index (κ2) is 9.54. The van der Waals surface area contributed by atoms with Gasteiger partial charge in [0.15, 0.2) is 5.78 Å². The summed E-state index contributed by atoms with van der Waals surface area (Å²) in [5, 5.41) is 3.59. The Balaban J connectivity index is 0.000000236. The zero-order valence-corrected chi connectivity index (χ0v) is 15.2. The van der Waals surface area contributed by atoms with E-state index in [1.165, 1.54) is 0 Å². The molecule has 0 atom stereocenters. The Labute approximate surface area is 154 Å². The number of nitrogens with one attached hydrogen (secondary N) is 1. The zero-order valence-electron chi connectivity index (χ0n) is 13.6. The highest BCUT2D eigenvalue weighted by molar-refractivity contribution is 9.09. The summed E-state index contributed by atoms with van der Waals surface area (Å²) in [6.07, 6.45) is 0.559. The van der Waals surface area contributed by atoms with Crippen LogP contribution in [0.25, 0.3) is 10.9 Å². The number of hydrogen-bond donors (Lipinski definition) is 1. The van der Waals surface area contributed by atoms with Crippen molar-refractivity contribution < 1.29 is 14.3 Å². The molecule has 1 aromatic heterocycles. The van der Waals surface area contributed by atoms with Gasteiger partial charge in [-0.1, -0.05) is 46.3 Å². The number of nitrogens with zero attached hydrogens (tertiary/aromatic N) is 1. The van der Waals surface area contributed by atoms with E-state index in [0.29, 0.717) is 23.3 Å². The second-order valence-electron chi connectivity index (χ2n) is 4.91. The minimum atomic E-state index is -0.0358. The molecule has 1 N–H and O–H groups in total. The van der Waals surface area contributed by atoms with Crippen LogP contribution in [-0.4, -0.2) is 29.6 Å². The van der Waals surface area contributed by atoms with Gasteiger partial charge >= 0.3 is 0 Å². The van der Waals surface area contributed by atoms with Crippen molar-refractivity contribution in [2.45, 2.75) is 0 Å². The number of amides is 1. The fourth-order valence-electron chi connectivity index (χ4n) is 2.14. The molecular weight excluding hydrogens is 384 g/mol. The van der Waals surface area contributed by atoms with Crippen LogP contribution in [0.15, 0.2) is 60.7 Å². The summed E-state index contributed by atoms with van der Waals surface area (Å²) < 4.78 is 4.91. The molecule has 3 aromatic rings. The van der Waals surface area contributed by atoms with E-state index in [1.54, 1.807) is 19.2 Å². The van der Waals surface area contributed by atoms with Crippen LogP contribution in [0.1, 0.15) is 10.4 Å². The van der Waals surface area contributed by atoms with E-state index in [1.807, 2.05) is 48.5 Å². The zero-order chi connectivity index (χ0) is 18.1. The maximum atomic E-state index is 11.7. The van der Waals surface area contributed by atoms with E-state index in [9.17, 15) is 9.59 Å². The number of Topliss-reactive ketones (excluding diaryl/α,β-unsaturated/α-hetero) is 1. The summed E-state index contributed by atoms with van der Waals surface area (Å²) in [7, 11) is 1.66. The number of ketones is 1. The smallest absolute Gasteiger partial charge is 0.212 e. The molecule has 0 aliphatic heterocycles. The van der Waals surface area contributed by atoms with Crippen LogP contribution in [0, 0.1) is 0 Å². The number of halogens is 1. The predicted octanol–water partition coefficient (Wildman–Crippen LogP) is 4.08. The minimum absolute atomic E-state index is 0.0358. The lowest BCUT2D eigenvalue weighted by atomic mass is 10.1. The number of fused-ring (bicyclic) bond motifs is 1. The normalized spacial score (nSPS) is 9.68. The largest absolute Gasteiger partial charge is 0.497 e. The average molecular weight is 401 g/mol. The lowest BCUT2D eigenvalue weighted by molar-refractivity contribution is -0.105. The molecule has 0 unspecified atom stereocenters. The number of hydrogen-bond acceptors (Lipinski definition) is 4. The Morgan fingerprint density at radius 2 is 1.88 bits per heavy atom. The monoisotopic (exact) mass is 400 g/mol. The van der Waals surface area contributed by atoms with Gasteiger partial charge in [-0.3, -0.25) is 9.59 Å². The van der Waals surface area contributed by atoms with Gasteiger partial charge in [0.25, 0.3) is 0 Å². The first-order chi connectivity index (χ1) is 12.2. The van der Waals surface area contributed by atoms with Crippen molar-refractivity contribution in [2.75, 3.05) is 17.8 Å². The van der Waals surface area contributed by atoms with E-state index in [4.69, 9.17) is 4.74 Å². The number of pyridine rings is 1. The number of benzene rings is 2. The van der Waals surface area contributed by atoms with Gasteiger partial charge in [0.1, 0.15) is 11.6 Å². The van der Waals surface area contributed by atoms with E-state index in [0.717, 1.165) is 11.1 Å². The molecule has 25 heavy (non-hydrogen) atoms. The van der Waals surface area contributed by atoms with Crippen LogP contribution in [-0.2, 0) is 4.79 Å². The molecule has 0 saturated heterocycles. The summed E-state index contributed by atoms with van der Waals surface area (Å²) in [4.78, 5) is 26.3. The van der Waals surface area contributed by atoms with Crippen LogP contribution >= 0.6 is 15.9 Å². The highest BCUT2D eigenvalue weighted by Gasteiger charge is 2.10. The van der Waals surface area contributed by atoms with Crippen LogP contribution < -0.4 is 10.1 Å². The fraction of sp³-hybridized carbons (Fsp3) is 0.105. The van der Waals surface area contributed by atoms with Crippen LogP contribution in [0.3, 0.4) is 0 Å². The summed E-state index contributed by atoms with van der Waals surface area (Å²) in [5.74, 6) is 1.31. The third-order valence-electron chi connectivity index (χ3n) is 3.33. The molecule has 2 aromatic carbocycles. The first-order valence-corrected chi connectivity index (χ1v) is 8.60. The summed E-state index contributed by atoms with van der Waals surface area (Å²) >= 11 is 3.14. The summed E-state index contributed by atoms with van der Waals surface area (Å²) in [6, 6.07) is 18.6. The number of rotatable bonds is 5. The second-order valence-corrected chi connectivity index (χ2v) is 5.47. The number of alkyl halides is 1. The molecule has 0 saturated carbocycles. The van der Waals surface area contributed by atoms with E-state index in [-0.39, 0.29) is 11.1 Å². The van der Waals surface area contributed by atoms with Crippen molar-refractivity contribution in [3.63, 3.8) is 0 Å². The Morgan fingerprint density at radius 3 is 2.48 bits per heavy atom. The van der Waals surface area contributed by atoms with Crippen molar-refractivity contribution in [3.05, 3.63) is 66.2 Å². The lowest BCUT2D eigenvalue weighted by Crippen LogP contribution is -2.03. The van der Waals surface area contributed by atoms with Crippen molar-refractivity contribution >= 4 is 44.8 Å². The van der Waals surface area contributed by atoms with Crippen molar-refractivity contribution in [1.29, 1.82) is 0 Å². The molecule has 128 valence electrons. The number of anilines is 1. The van der Waals surface area contributed by atoms with Crippen molar-refractivity contribution in [2.24, 2.45) is 0 Å². The predicted molar refractivity (Wildman–Crippen MR) is 103 cm³/mol. The Kier molecular flexibility index (Phi) is 7.10. The SMILES string of the molecule is COc1ccccc1.O=CNc1ccc2cccc(C(=O)CBr)c2n1. The van der Waals surface area contributed by atoms with Gasteiger partial charge in [0.05, 0.1) is 18.0 Å². The van der Waals surface area contributed by atoms with E-state index in [2.05, 4.69) is 26.2 Å². The van der Waals surface area contributed by atoms with Gasteiger partial charge in [-0.25, -0.2) is 4.98 Å². The molecule has 0 radical (unpaired) electrons. The van der Waals surface area contributed by atoms with Crippen molar-refractivity contribution in [3.8, 4) is 5.75 Å². The molecule has 0 fully saturated rings. The van der Waals surface area contributed by atoms with E-state index < -0.39 is 0 Å². The minimum Gasteiger partial charge on any atom is -0.497 e. The average Bonchev–Trinajstić information content (AvgIpc) is 2.68. The molecule has 0 aliphatic rings. The number of carbonyl (C=O) groups excluding carboxylic acids is 2. The van der Waals surface area contributed by atoms with Gasteiger partial charge in [-0.15, -0.1) is 0 Å². The maximum absolute atomic E-state index is 11.7.